The zero-order chi connectivity index (χ0) is 13.5. The Balaban J connectivity index is 3.01. The smallest absolute Gasteiger partial charge is 0.330 e. The van der Waals surface area contributed by atoms with E-state index in [9.17, 15) is 9.90 Å². The summed E-state index contributed by atoms with van der Waals surface area (Å²) in [7, 11) is 2.89. The second-order valence-corrected chi connectivity index (χ2v) is 3.92. The van der Waals surface area contributed by atoms with Crippen molar-refractivity contribution in [2.45, 2.75) is 12.8 Å². The number of aliphatic hydroxyl groups excluding tert-OH is 1. The van der Waals surface area contributed by atoms with Crippen molar-refractivity contribution >= 4 is 5.97 Å². The predicted octanol–water partition coefficient (Wildman–Crippen LogP) is 1.81. The quantitative estimate of drug-likeness (QED) is 0.639. The van der Waals surface area contributed by atoms with E-state index in [2.05, 4.69) is 4.74 Å². The number of aryl methyl sites for hydroxylation is 1. The highest BCUT2D eigenvalue weighted by molar-refractivity contribution is 5.81. The van der Waals surface area contributed by atoms with Crippen molar-refractivity contribution in [3.63, 3.8) is 0 Å². The number of carbonyl (C=O) groups excluding carboxylic acids is 1. The average Bonchev–Trinajstić information content (AvgIpc) is 2.40. The fourth-order valence-electron chi connectivity index (χ4n) is 1.65. The second-order valence-electron chi connectivity index (χ2n) is 3.92. The number of methoxy groups -OCH3 is 2. The molecule has 0 saturated carbocycles. The zero-order valence-corrected chi connectivity index (χ0v) is 10.8. The van der Waals surface area contributed by atoms with Gasteiger partial charge in [-0.15, -0.1) is 0 Å². The monoisotopic (exact) mass is 250 g/mol. The van der Waals surface area contributed by atoms with E-state index in [-0.39, 0.29) is 12.5 Å². The maximum absolute atomic E-state index is 11.1. The molecule has 1 N–H and O–H groups in total. The summed E-state index contributed by atoms with van der Waals surface area (Å²) in [6, 6.07) is 5.72. The first kappa shape index (κ1) is 14.3. The highest BCUT2D eigenvalue weighted by Gasteiger charge is 2.13. The van der Waals surface area contributed by atoms with Gasteiger partial charge in [0.2, 0.25) is 0 Å². The molecule has 1 aromatic carbocycles. The molecule has 0 heterocycles. The van der Waals surface area contributed by atoms with Crippen LogP contribution in [0.15, 0.2) is 30.4 Å². The number of carbonyl (C=O) groups is 1. The molecule has 0 amide bonds. The zero-order valence-electron chi connectivity index (χ0n) is 10.8. The highest BCUT2D eigenvalue weighted by atomic mass is 16.5. The standard InChI is InChI=1S/C14H18O4/c1-10-4-6-12(13(8-10)17-2)11(9-15)5-7-14(16)18-3/h4-8,11,15H,9H2,1-3H3/b7-5+/t11-/m1/s1. The van der Waals surface area contributed by atoms with Gasteiger partial charge >= 0.3 is 5.97 Å². The van der Waals surface area contributed by atoms with Gasteiger partial charge in [-0.05, 0) is 18.6 Å². The molecule has 0 aliphatic carbocycles. The molecule has 0 aromatic heterocycles. The van der Waals surface area contributed by atoms with Gasteiger partial charge in [0, 0.05) is 17.6 Å². The van der Waals surface area contributed by atoms with E-state index < -0.39 is 5.97 Å². The van der Waals surface area contributed by atoms with E-state index in [0.717, 1.165) is 11.1 Å². The number of hydrogen-bond donors (Lipinski definition) is 1. The number of esters is 1. The largest absolute Gasteiger partial charge is 0.496 e. The van der Waals surface area contributed by atoms with Gasteiger partial charge < -0.3 is 14.6 Å². The van der Waals surface area contributed by atoms with E-state index in [1.165, 1.54) is 13.2 Å². The van der Waals surface area contributed by atoms with Crippen molar-refractivity contribution in [1.82, 2.24) is 0 Å². The Morgan fingerprint density at radius 1 is 1.44 bits per heavy atom. The molecule has 0 saturated heterocycles. The fourth-order valence-corrected chi connectivity index (χ4v) is 1.65. The first-order valence-electron chi connectivity index (χ1n) is 5.64. The van der Waals surface area contributed by atoms with Gasteiger partial charge in [0.1, 0.15) is 5.75 Å². The molecule has 1 aromatic rings. The van der Waals surface area contributed by atoms with Crippen molar-refractivity contribution in [3.05, 3.63) is 41.5 Å². The molecule has 18 heavy (non-hydrogen) atoms. The van der Waals surface area contributed by atoms with Crippen LogP contribution in [0.5, 0.6) is 5.75 Å². The Morgan fingerprint density at radius 2 is 2.17 bits per heavy atom. The summed E-state index contributed by atoms with van der Waals surface area (Å²) in [4.78, 5) is 11.1. The first-order chi connectivity index (χ1) is 8.62. The molecule has 98 valence electrons. The van der Waals surface area contributed by atoms with E-state index in [1.807, 2.05) is 25.1 Å². The Kier molecular flexibility index (Phi) is 5.39. The Hall–Kier alpha value is -1.81. The third-order valence-corrected chi connectivity index (χ3v) is 2.65. The summed E-state index contributed by atoms with van der Waals surface area (Å²) in [5, 5.41) is 9.40. The van der Waals surface area contributed by atoms with Crippen LogP contribution in [0.4, 0.5) is 0 Å². The molecule has 0 radical (unpaired) electrons. The number of ether oxygens (including phenoxy) is 2. The van der Waals surface area contributed by atoms with Crippen LogP contribution >= 0.6 is 0 Å². The van der Waals surface area contributed by atoms with Crippen molar-refractivity contribution in [2.75, 3.05) is 20.8 Å². The summed E-state index contributed by atoms with van der Waals surface area (Å²) in [5.41, 5.74) is 1.91. The van der Waals surface area contributed by atoms with Crippen LogP contribution in [0.3, 0.4) is 0 Å². The van der Waals surface area contributed by atoms with Crippen LogP contribution in [-0.2, 0) is 9.53 Å². The predicted molar refractivity (Wildman–Crippen MR) is 68.7 cm³/mol. The molecule has 0 spiro atoms. The fraction of sp³-hybridized carbons (Fsp3) is 0.357. The molecule has 0 aliphatic rings. The lowest BCUT2D eigenvalue weighted by Gasteiger charge is -2.15. The van der Waals surface area contributed by atoms with Crippen molar-refractivity contribution in [1.29, 1.82) is 0 Å². The molecule has 0 aliphatic heterocycles. The number of aliphatic hydroxyl groups is 1. The third-order valence-electron chi connectivity index (χ3n) is 2.65. The summed E-state index contributed by atoms with van der Waals surface area (Å²) in [5.74, 6) is -0.0391. The van der Waals surface area contributed by atoms with Crippen LogP contribution in [0, 0.1) is 6.92 Å². The number of rotatable bonds is 5. The maximum atomic E-state index is 11.1. The van der Waals surface area contributed by atoms with Crippen LogP contribution in [0.2, 0.25) is 0 Å². The summed E-state index contributed by atoms with van der Waals surface area (Å²) >= 11 is 0. The van der Waals surface area contributed by atoms with E-state index in [1.54, 1.807) is 13.2 Å². The molecule has 1 atom stereocenters. The molecular formula is C14H18O4. The molecule has 0 unspecified atom stereocenters. The van der Waals surface area contributed by atoms with Crippen LogP contribution < -0.4 is 4.74 Å². The number of benzene rings is 1. The van der Waals surface area contributed by atoms with Gasteiger partial charge in [-0.25, -0.2) is 4.79 Å². The highest BCUT2D eigenvalue weighted by Crippen LogP contribution is 2.28. The lowest BCUT2D eigenvalue weighted by molar-refractivity contribution is -0.134. The first-order valence-corrected chi connectivity index (χ1v) is 5.64. The molecule has 0 bridgehead atoms. The van der Waals surface area contributed by atoms with Gasteiger partial charge in [0.05, 0.1) is 20.8 Å². The van der Waals surface area contributed by atoms with Gasteiger partial charge in [-0.2, -0.15) is 0 Å². The van der Waals surface area contributed by atoms with Crippen LogP contribution in [0.1, 0.15) is 17.0 Å². The Labute approximate surface area is 107 Å². The van der Waals surface area contributed by atoms with Crippen LogP contribution in [0.25, 0.3) is 0 Å². The third kappa shape index (κ3) is 3.60. The number of hydrogen-bond acceptors (Lipinski definition) is 4. The molecule has 0 fully saturated rings. The SMILES string of the molecule is COC(=O)/C=C/[C@H](CO)c1ccc(C)cc1OC. The minimum atomic E-state index is -0.445. The van der Waals surface area contributed by atoms with Crippen LogP contribution in [-0.4, -0.2) is 31.9 Å². The van der Waals surface area contributed by atoms with Gasteiger partial charge in [0.25, 0.3) is 0 Å². The minimum Gasteiger partial charge on any atom is -0.496 e. The normalized spacial score (nSPS) is 12.4. The molecule has 1 rings (SSSR count). The lowest BCUT2D eigenvalue weighted by atomic mass is 9.97. The Bertz CT molecular complexity index is 437. The van der Waals surface area contributed by atoms with Gasteiger partial charge in [-0.3, -0.25) is 0 Å². The van der Waals surface area contributed by atoms with Crippen molar-refractivity contribution in [3.8, 4) is 5.75 Å². The molecule has 4 heteroatoms. The van der Waals surface area contributed by atoms with Crippen molar-refractivity contribution in [2.24, 2.45) is 0 Å². The summed E-state index contributed by atoms with van der Waals surface area (Å²) in [6.07, 6.45) is 2.92. The molecule has 4 nitrogen and oxygen atoms in total. The topological polar surface area (TPSA) is 55.8 Å². The summed E-state index contributed by atoms with van der Waals surface area (Å²) in [6.45, 7) is 1.86. The van der Waals surface area contributed by atoms with E-state index in [4.69, 9.17) is 4.74 Å². The van der Waals surface area contributed by atoms with E-state index >= 15 is 0 Å². The van der Waals surface area contributed by atoms with E-state index in [0.29, 0.717) is 5.75 Å². The molecular weight excluding hydrogens is 232 g/mol. The maximum Gasteiger partial charge on any atom is 0.330 e. The average molecular weight is 250 g/mol. The Morgan fingerprint density at radius 3 is 2.72 bits per heavy atom. The van der Waals surface area contributed by atoms with Gasteiger partial charge in [0.15, 0.2) is 0 Å². The van der Waals surface area contributed by atoms with Gasteiger partial charge in [-0.1, -0.05) is 18.2 Å². The summed E-state index contributed by atoms with van der Waals surface area (Å²) < 4.78 is 9.80. The second kappa shape index (κ2) is 6.81. The lowest BCUT2D eigenvalue weighted by Crippen LogP contribution is -2.05. The minimum absolute atomic E-state index is 0.104. The van der Waals surface area contributed by atoms with Crippen molar-refractivity contribution < 1.29 is 19.4 Å².